The molecule has 2 aromatic heterocycles. The van der Waals surface area contributed by atoms with Crippen molar-refractivity contribution in [3.63, 3.8) is 0 Å². The molecule has 0 fully saturated rings. The fourth-order valence-corrected chi connectivity index (χ4v) is 3.11. The molecular weight excluding hydrogens is 391 g/mol. The van der Waals surface area contributed by atoms with Crippen LogP contribution >= 0.6 is 0 Å². The number of halogens is 1. The van der Waals surface area contributed by atoms with Crippen molar-refractivity contribution in [2.75, 3.05) is 12.0 Å². The van der Waals surface area contributed by atoms with Crippen LogP contribution in [0.15, 0.2) is 58.2 Å². The minimum atomic E-state index is -3.83. The van der Waals surface area contributed by atoms with E-state index in [0.29, 0.717) is 11.4 Å². The van der Waals surface area contributed by atoms with Crippen molar-refractivity contribution in [2.24, 2.45) is 0 Å². The van der Waals surface area contributed by atoms with Gasteiger partial charge in [0.15, 0.2) is 0 Å². The van der Waals surface area contributed by atoms with E-state index in [1.54, 1.807) is 24.5 Å². The molecule has 28 heavy (non-hydrogen) atoms. The van der Waals surface area contributed by atoms with Gasteiger partial charge in [0.25, 0.3) is 0 Å². The lowest BCUT2D eigenvalue weighted by Crippen LogP contribution is -2.33. The highest BCUT2D eigenvalue weighted by molar-refractivity contribution is 7.89. The zero-order chi connectivity index (χ0) is 20.0. The average Bonchev–Trinajstić information content (AvgIpc) is 3.16. The number of hydrogen-bond acceptors (Lipinski definition) is 8. The van der Waals surface area contributed by atoms with Gasteiger partial charge < -0.3 is 4.52 Å². The molecular formula is C16H15FN6O4S. The van der Waals surface area contributed by atoms with E-state index in [-0.39, 0.29) is 23.9 Å². The number of carbonyl (C=O) groups excluding carboxylic acids is 1. The van der Waals surface area contributed by atoms with E-state index in [4.69, 9.17) is 4.52 Å². The molecule has 0 aliphatic heterocycles. The number of pyridine rings is 1. The Morgan fingerprint density at radius 2 is 1.82 bits per heavy atom. The Labute approximate surface area is 159 Å². The number of rotatable bonds is 8. The first-order valence-corrected chi connectivity index (χ1v) is 9.46. The first-order valence-electron chi connectivity index (χ1n) is 7.98. The third kappa shape index (κ3) is 5.08. The molecule has 0 atom stereocenters. The molecule has 10 nitrogen and oxygen atoms in total. The third-order valence-corrected chi connectivity index (χ3v) is 4.92. The molecule has 3 N–H and O–H groups in total. The van der Waals surface area contributed by atoms with Crippen molar-refractivity contribution in [3.8, 4) is 11.4 Å². The molecule has 1 amide bonds. The number of nitrogens with one attached hydrogen (secondary N) is 3. The minimum Gasteiger partial charge on any atom is -0.313 e. The maximum Gasteiger partial charge on any atom is 0.340 e. The molecule has 12 heteroatoms. The van der Waals surface area contributed by atoms with Crippen molar-refractivity contribution in [1.82, 2.24) is 25.3 Å². The van der Waals surface area contributed by atoms with Crippen LogP contribution in [0.5, 0.6) is 0 Å². The first-order chi connectivity index (χ1) is 13.4. The first kappa shape index (κ1) is 19.4. The van der Waals surface area contributed by atoms with Crippen LogP contribution in [0.3, 0.4) is 0 Å². The smallest absolute Gasteiger partial charge is 0.313 e. The Kier molecular flexibility index (Phi) is 5.91. The van der Waals surface area contributed by atoms with E-state index in [9.17, 15) is 17.6 Å². The lowest BCUT2D eigenvalue weighted by Gasteiger charge is -2.07. The molecule has 2 heterocycles. The van der Waals surface area contributed by atoms with Crippen molar-refractivity contribution in [3.05, 3.63) is 54.6 Å². The molecule has 0 radical (unpaired) electrons. The Balaban J connectivity index is 1.45. The van der Waals surface area contributed by atoms with Crippen molar-refractivity contribution in [2.45, 2.75) is 11.3 Å². The van der Waals surface area contributed by atoms with Gasteiger partial charge in [0.1, 0.15) is 5.82 Å². The van der Waals surface area contributed by atoms with Gasteiger partial charge >= 0.3 is 6.01 Å². The highest BCUT2D eigenvalue weighted by atomic mass is 32.2. The molecule has 0 aliphatic rings. The molecule has 0 aliphatic carbocycles. The van der Waals surface area contributed by atoms with Gasteiger partial charge in [-0.3, -0.25) is 15.2 Å². The molecule has 0 bridgehead atoms. The second-order valence-corrected chi connectivity index (χ2v) is 7.20. The number of benzene rings is 1. The van der Waals surface area contributed by atoms with Gasteiger partial charge in [-0.05, 0) is 36.4 Å². The van der Waals surface area contributed by atoms with Crippen LogP contribution in [0.2, 0.25) is 0 Å². The molecule has 3 aromatic rings. The van der Waals surface area contributed by atoms with Crippen LogP contribution in [0.1, 0.15) is 6.42 Å². The van der Waals surface area contributed by atoms with E-state index in [2.05, 4.69) is 30.7 Å². The number of sulfonamides is 1. The van der Waals surface area contributed by atoms with Crippen molar-refractivity contribution in [1.29, 1.82) is 0 Å². The van der Waals surface area contributed by atoms with Crippen molar-refractivity contribution < 1.29 is 22.1 Å². The molecule has 0 spiro atoms. The Morgan fingerprint density at radius 1 is 1.11 bits per heavy atom. The van der Waals surface area contributed by atoms with E-state index in [1.807, 2.05) is 0 Å². The SMILES string of the molecule is O=C(CCNS(=O)(=O)c1ccc(F)cc1)NNc1nc(-c2ccncc2)no1. The van der Waals surface area contributed by atoms with Gasteiger partial charge in [0.05, 0.1) is 4.90 Å². The summed E-state index contributed by atoms with van der Waals surface area (Å²) >= 11 is 0. The second-order valence-electron chi connectivity index (χ2n) is 5.43. The zero-order valence-corrected chi connectivity index (χ0v) is 15.1. The standard InChI is InChI=1S/C16H15FN6O4S/c17-12-1-3-13(4-2-12)28(25,26)19-10-7-14(24)21-22-16-20-15(23-27-16)11-5-8-18-9-6-11/h1-6,8-9,19H,7,10H2,(H,21,24)(H,20,22,23). The van der Waals surface area contributed by atoms with Crippen LogP contribution in [-0.2, 0) is 14.8 Å². The lowest BCUT2D eigenvalue weighted by atomic mass is 10.3. The number of hydrazine groups is 1. The summed E-state index contributed by atoms with van der Waals surface area (Å²) in [5.74, 6) is -0.741. The van der Waals surface area contributed by atoms with E-state index in [0.717, 1.165) is 24.3 Å². The lowest BCUT2D eigenvalue weighted by molar-refractivity contribution is -0.120. The number of carbonyl (C=O) groups is 1. The Bertz CT molecular complexity index is 1040. The number of nitrogens with zero attached hydrogens (tertiary/aromatic N) is 3. The number of amides is 1. The van der Waals surface area contributed by atoms with Gasteiger partial charge in [-0.1, -0.05) is 5.16 Å². The predicted octanol–water partition coefficient (Wildman–Crippen LogP) is 1.08. The van der Waals surface area contributed by atoms with Crippen LogP contribution in [-0.4, -0.2) is 36.0 Å². The predicted molar refractivity (Wildman–Crippen MR) is 95.5 cm³/mol. The van der Waals surface area contributed by atoms with Crippen LogP contribution in [0, 0.1) is 5.82 Å². The fourth-order valence-electron chi connectivity index (χ4n) is 2.07. The van der Waals surface area contributed by atoms with Gasteiger partial charge in [-0.25, -0.2) is 23.0 Å². The maximum absolute atomic E-state index is 12.9. The molecule has 3 rings (SSSR count). The van der Waals surface area contributed by atoms with E-state index < -0.39 is 21.7 Å². The summed E-state index contributed by atoms with van der Waals surface area (Å²) in [6.07, 6.45) is 3.00. The summed E-state index contributed by atoms with van der Waals surface area (Å²) in [6, 6.07) is 7.70. The number of hydrogen-bond donors (Lipinski definition) is 3. The third-order valence-electron chi connectivity index (χ3n) is 3.44. The highest BCUT2D eigenvalue weighted by Crippen LogP contribution is 2.15. The average molecular weight is 406 g/mol. The topological polar surface area (TPSA) is 139 Å². The summed E-state index contributed by atoms with van der Waals surface area (Å²) in [4.78, 5) is 19.6. The second kappa shape index (κ2) is 8.54. The van der Waals surface area contributed by atoms with Crippen molar-refractivity contribution >= 4 is 21.9 Å². The van der Waals surface area contributed by atoms with Gasteiger partial charge in [0, 0.05) is 30.9 Å². The van der Waals surface area contributed by atoms with E-state index >= 15 is 0 Å². The van der Waals surface area contributed by atoms with E-state index in [1.165, 1.54) is 0 Å². The monoisotopic (exact) mass is 406 g/mol. The fraction of sp³-hybridized carbons (Fsp3) is 0.125. The van der Waals surface area contributed by atoms with Gasteiger partial charge in [-0.15, -0.1) is 0 Å². The molecule has 146 valence electrons. The highest BCUT2D eigenvalue weighted by Gasteiger charge is 2.14. The molecule has 0 saturated heterocycles. The summed E-state index contributed by atoms with van der Waals surface area (Å²) in [7, 11) is -3.83. The minimum absolute atomic E-state index is 0.0351. The van der Waals surface area contributed by atoms with Crippen LogP contribution in [0.4, 0.5) is 10.4 Å². The maximum atomic E-state index is 12.9. The van der Waals surface area contributed by atoms with Gasteiger partial charge in [0.2, 0.25) is 21.8 Å². The summed E-state index contributed by atoms with van der Waals surface area (Å²) in [5.41, 5.74) is 5.45. The van der Waals surface area contributed by atoms with Gasteiger partial charge in [-0.2, -0.15) is 4.98 Å². The zero-order valence-electron chi connectivity index (χ0n) is 14.3. The number of aromatic nitrogens is 3. The quantitative estimate of drug-likeness (QED) is 0.472. The molecule has 0 unspecified atom stereocenters. The largest absolute Gasteiger partial charge is 0.340 e. The summed E-state index contributed by atoms with van der Waals surface area (Å²) in [6.45, 7) is -0.153. The summed E-state index contributed by atoms with van der Waals surface area (Å²) < 4.78 is 44.1. The van der Waals surface area contributed by atoms with Crippen LogP contribution < -0.4 is 15.6 Å². The normalized spacial score (nSPS) is 11.2. The Hall–Kier alpha value is -3.38. The van der Waals surface area contributed by atoms with Crippen LogP contribution in [0.25, 0.3) is 11.4 Å². The number of anilines is 1. The molecule has 0 saturated carbocycles. The molecule has 1 aromatic carbocycles. The Morgan fingerprint density at radius 3 is 2.54 bits per heavy atom. The summed E-state index contributed by atoms with van der Waals surface area (Å²) in [5, 5.41) is 3.75.